The Balaban J connectivity index is 1.51. The van der Waals surface area contributed by atoms with E-state index in [1.807, 2.05) is 30.3 Å². The molecule has 0 N–H and O–H groups in total. The summed E-state index contributed by atoms with van der Waals surface area (Å²) in [7, 11) is 0. The molecular weight excluding hydrogens is 364 g/mol. The van der Waals surface area contributed by atoms with E-state index in [4.69, 9.17) is 4.98 Å². The number of imidazole rings is 1. The maximum absolute atomic E-state index is 4.90. The van der Waals surface area contributed by atoms with Crippen molar-refractivity contribution in [3.63, 3.8) is 0 Å². The zero-order valence-corrected chi connectivity index (χ0v) is 16.0. The van der Waals surface area contributed by atoms with Crippen LogP contribution in [-0.2, 0) is 12.3 Å². The first-order valence-corrected chi connectivity index (χ1v) is 10.2. The Kier molecular flexibility index (Phi) is 4.51. The highest BCUT2D eigenvalue weighted by Crippen LogP contribution is 2.28. The third kappa shape index (κ3) is 3.25. The lowest BCUT2D eigenvalue weighted by atomic mass is 10.2. The van der Waals surface area contributed by atoms with Gasteiger partial charge in [0.25, 0.3) is 0 Å². The van der Waals surface area contributed by atoms with Crippen LogP contribution in [0.15, 0.2) is 90.2 Å². The molecule has 136 valence electrons. The third-order valence-electron chi connectivity index (χ3n) is 4.76. The van der Waals surface area contributed by atoms with Gasteiger partial charge in [0.1, 0.15) is 17.2 Å². The van der Waals surface area contributed by atoms with Gasteiger partial charge in [-0.25, -0.2) is 15.0 Å². The lowest BCUT2D eigenvalue weighted by Crippen LogP contribution is -2.04. The molecule has 3 aromatic carbocycles. The maximum Gasteiger partial charge on any atom is 0.120 e. The van der Waals surface area contributed by atoms with E-state index in [0.717, 1.165) is 45.1 Å². The van der Waals surface area contributed by atoms with Gasteiger partial charge in [0.15, 0.2) is 0 Å². The van der Waals surface area contributed by atoms with E-state index < -0.39 is 0 Å². The molecule has 0 aliphatic rings. The van der Waals surface area contributed by atoms with E-state index in [2.05, 4.69) is 63.1 Å². The number of hydrogen-bond donors (Lipinski definition) is 0. The molecule has 0 amide bonds. The molecule has 5 heteroatoms. The van der Waals surface area contributed by atoms with Gasteiger partial charge < -0.3 is 4.57 Å². The predicted octanol–water partition coefficient (Wildman–Crippen LogP) is 5.32. The lowest BCUT2D eigenvalue weighted by molar-refractivity contribution is 0.780. The summed E-state index contributed by atoms with van der Waals surface area (Å²) in [6.07, 6.45) is 1.64. The normalized spacial score (nSPS) is 11.3. The summed E-state index contributed by atoms with van der Waals surface area (Å²) in [5.41, 5.74) is 4.43. The van der Waals surface area contributed by atoms with Crippen LogP contribution >= 0.6 is 11.8 Å². The third-order valence-corrected chi connectivity index (χ3v) is 5.76. The van der Waals surface area contributed by atoms with Crippen LogP contribution in [-0.4, -0.2) is 19.5 Å². The average molecular weight is 382 g/mol. The molecule has 0 aliphatic heterocycles. The summed E-state index contributed by atoms with van der Waals surface area (Å²) >= 11 is 1.71. The molecule has 4 nitrogen and oxygen atoms in total. The van der Waals surface area contributed by atoms with Gasteiger partial charge in [-0.15, -0.1) is 0 Å². The number of rotatable bonds is 5. The van der Waals surface area contributed by atoms with E-state index >= 15 is 0 Å². The minimum atomic E-state index is 0.753. The van der Waals surface area contributed by atoms with Crippen molar-refractivity contribution in [2.75, 3.05) is 0 Å². The second-order valence-corrected chi connectivity index (χ2v) is 7.54. The number of nitrogens with zero attached hydrogens (tertiary/aromatic N) is 4. The fourth-order valence-electron chi connectivity index (χ4n) is 3.41. The monoisotopic (exact) mass is 382 g/mol. The Morgan fingerprint density at radius 3 is 2.39 bits per heavy atom. The van der Waals surface area contributed by atoms with Crippen LogP contribution in [0, 0.1) is 0 Å². The van der Waals surface area contributed by atoms with Crippen LogP contribution in [0.2, 0.25) is 0 Å². The van der Waals surface area contributed by atoms with Crippen molar-refractivity contribution in [2.45, 2.75) is 17.3 Å². The average Bonchev–Trinajstić information content (AvgIpc) is 3.10. The van der Waals surface area contributed by atoms with Gasteiger partial charge in [-0.05, 0) is 23.8 Å². The molecule has 2 aromatic heterocycles. The SMILES string of the molecule is c1ccc(Cn2c(CSc3ncnc4ccccc34)nc3ccccc32)cc1. The van der Waals surface area contributed by atoms with Gasteiger partial charge >= 0.3 is 0 Å². The van der Waals surface area contributed by atoms with Gasteiger partial charge in [0.2, 0.25) is 0 Å². The number of hydrogen-bond acceptors (Lipinski definition) is 4. The summed E-state index contributed by atoms with van der Waals surface area (Å²) in [6.45, 7) is 0.807. The van der Waals surface area contributed by atoms with Crippen LogP contribution in [0.4, 0.5) is 0 Å². The van der Waals surface area contributed by atoms with Crippen molar-refractivity contribution in [3.8, 4) is 0 Å². The number of thioether (sulfide) groups is 1. The van der Waals surface area contributed by atoms with Crippen molar-refractivity contribution in [1.29, 1.82) is 0 Å². The minimum absolute atomic E-state index is 0.753. The van der Waals surface area contributed by atoms with Gasteiger partial charge in [-0.2, -0.15) is 0 Å². The first-order valence-electron chi connectivity index (χ1n) is 9.19. The minimum Gasteiger partial charge on any atom is -0.323 e. The van der Waals surface area contributed by atoms with Gasteiger partial charge in [0.05, 0.1) is 22.3 Å². The molecule has 5 rings (SSSR count). The van der Waals surface area contributed by atoms with E-state index in [1.54, 1.807) is 18.1 Å². The molecule has 0 saturated heterocycles. The Morgan fingerprint density at radius 2 is 1.50 bits per heavy atom. The van der Waals surface area contributed by atoms with Crippen molar-refractivity contribution < 1.29 is 0 Å². The van der Waals surface area contributed by atoms with Gasteiger partial charge in [-0.3, -0.25) is 0 Å². The molecular formula is C23H18N4S. The first-order chi connectivity index (χ1) is 13.9. The van der Waals surface area contributed by atoms with Crippen LogP contribution in [0.5, 0.6) is 0 Å². The highest BCUT2D eigenvalue weighted by atomic mass is 32.2. The van der Waals surface area contributed by atoms with E-state index in [9.17, 15) is 0 Å². The smallest absolute Gasteiger partial charge is 0.120 e. The Bertz CT molecular complexity index is 1240. The highest BCUT2D eigenvalue weighted by molar-refractivity contribution is 7.98. The van der Waals surface area contributed by atoms with Crippen LogP contribution < -0.4 is 0 Å². The maximum atomic E-state index is 4.90. The topological polar surface area (TPSA) is 43.6 Å². The Labute approximate surface area is 167 Å². The molecule has 0 saturated carbocycles. The van der Waals surface area contributed by atoms with Crippen LogP contribution in [0.25, 0.3) is 21.9 Å². The fraction of sp³-hybridized carbons (Fsp3) is 0.0870. The van der Waals surface area contributed by atoms with E-state index in [-0.39, 0.29) is 0 Å². The highest BCUT2D eigenvalue weighted by Gasteiger charge is 2.13. The Hall–Kier alpha value is -3.18. The zero-order valence-electron chi connectivity index (χ0n) is 15.2. The van der Waals surface area contributed by atoms with Crippen molar-refractivity contribution in [1.82, 2.24) is 19.5 Å². The second kappa shape index (κ2) is 7.44. The summed E-state index contributed by atoms with van der Waals surface area (Å²) in [6, 6.07) is 27.0. The molecule has 2 heterocycles. The van der Waals surface area contributed by atoms with Crippen LogP contribution in [0.3, 0.4) is 0 Å². The summed E-state index contributed by atoms with van der Waals surface area (Å²) in [5, 5.41) is 2.07. The number of aromatic nitrogens is 4. The Morgan fingerprint density at radius 1 is 0.750 bits per heavy atom. The molecule has 0 unspecified atom stereocenters. The number of para-hydroxylation sites is 3. The fourth-order valence-corrected chi connectivity index (χ4v) is 4.34. The zero-order chi connectivity index (χ0) is 18.8. The van der Waals surface area contributed by atoms with Crippen molar-refractivity contribution in [3.05, 3.63) is 96.6 Å². The van der Waals surface area contributed by atoms with Gasteiger partial charge in [-0.1, -0.05) is 72.4 Å². The summed E-state index contributed by atoms with van der Waals surface area (Å²) in [5.74, 6) is 1.81. The molecule has 0 spiro atoms. The summed E-state index contributed by atoms with van der Waals surface area (Å²) in [4.78, 5) is 13.8. The predicted molar refractivity (Wildman–Crippen MR) is 114 cm³/mol. The number of fused-ring (bicyclic) bond motifs is 2. The number of benzene rings is 3. The lowest BCUT2D eigenvalue weighted by Gasteiger charge is -2.10. The quantitative estimate of drug-likeness (QED) is 0.305. The second-order valence-electron chi connectivity index (χ2n) is 6.57. The molecule has 5 aromatic rings. The largest absolute Gasteiger partial charge is 0.323 e. The summed E-state index contributed by atoms with van der Waals surface area (Å²) < 4.78 is 2.31. The standard InChI is InChI=1S/C23H18N4S/c1-2-8-17(9-3-1)14-27-21-13-7-6-12-20(21)26-22(27)15-28-23-18-10-4-5-11-19(18)24-16-25-23/h1-13,16H,14-15H2. The van der Waals surface area contributed by atoms with E-state index in [1.165, 1.54) is 5.56 Å². The van der Waals surface area contributed by atoms with Gasteiger partial charge in [0, 0.05) is 11.9 Å². The molecule has 0 radical (unpaired) electrons. The van der Waals surface area contributed by atoms with E-state index in [0.29, 0.717) is 0 Å². The van der Waals surface area contributed by atoms with Crippen LogP contribution in [0.1, 0.15) is 11.4 Å². The molecule has 0 fully saturated rings. The molecule has 0 bridgehead atoms. The van der Waals surface area contributed by atoms with Crippen molar-refractivity contribution in [2.24, 2.45) is 0 Å². The van der Waals surface area contributed by atoms with Crippen molar-refractivity contribution >= 4 is 33.7 Å². The molecule has 0 aliphatic carbocycles. The first kappa shape index (κ1) is 17.0. The molecule has 28 heavy (non-hydrogen) atoms. The molecule has 0 atom stereocenters.